The number of benzene rings is 1. The van der Waals surface area contributed by atoms with Gasteiger partial charge in [-0.25, -0.2) is 0 Å². The third-order valence-corrected chi connectivity index (χ3v) is 5.74. The highest BCUT2D eigenvalue weighted by atomic mass is 16.2. The predicted molar refractivity (Wildman–Crippen MR) is 110 cm³/mol. The van der Waals surface area contributed by atoms with Crippen LogP contribution in [0.1, 0.15) is 57.1 Å². The molecule has 2 unspecified atom stereocenters. The molecular weight excluding hydrogens is 336 g/mol. The number of guanidine groups is 1. The molecule has 5 heteroatoms. The summed E-state index contributed by atoms with van der Waals surface area (Å²) in [5.74, 6) is 2.70. The molecule has 2 N–H and O–H groups in total. The first-order chi connectivity index (χ1) is 13.0. The summed E-state index contributed by atoms with van der Waals surface area (Å²) < 4.78 is 0. The summed E-state index contributed by atoms with van der Waals surface area (Å²) in [6, 6.07) is 9.00. The van der Waals surface area contributed by atoms with Crippen molar-refractivity contribution >= 4 is 11.9 Å². The minimum atomic E-state index is 0.277. The molecule has 0 bridgehead atoms. The van der Waals surface area contributed by atoms with Gasteiger partial charge in [0, 0.05) is 39.1 Å². The molecule has 1 heterocycles. The molecule has 1 saturated heterocycles. The zero-order chi connectivity index (χ0) is 19.2. The third-order valence-electron chi connectivity index (χ3n) is 5.74. The summed E-state index contributed by atoms with van der Waals surface area (Å²) in [5, 5.41) is 7.05. The number of likely N-dealkylation sites (tertiary alicyclic amines) is 1. The summed E-state index contributed by atoms with van der Waals surface area (Å²) in [5.41, 5.74) is 2.41. The van der Waals surface area contributed by atoms with E-state index in [-0.39, 0.29) is 5.91 Å². The minimum Gasteiger partial charge on any atom is -0.354 e. The normalized spacial score (nSPS) is 26.3. The molecule has 2 aliphatic rings. The van der Waals surface area contributed by atoms with Crippen LogP contribution in [0.2, 0.25) is 0 Å². The highest BCUT2D eigenvalue weighted by Gasteiger charge is 2.24. The fourth-order valence-electron chi connectivity index (χ4n) is 4.57. The average molecular weight is 371 g/mol. The Morgan fingerprint density at radius 3 is 2.59 bits per heavy atom. The standard InChI is InChI=1S/C22H34N4O/c1-16-10-17(2)12-20(11-16)25-22(23-3)24-14-18-6-4-7-19(13-18)15-26-9-5-8-21(26)27/h4,6-7,13,16-17,20H,5,8-12,14-15H2,1-3H3,(H2,23,24,25). The lowest BCUT2D eigenvalue weighted by Crippen LogP contribution is -2.45. The first-order valence-corrected chi connectivity index (χ1v) is 10.4. The van der Waals surface area contributed by atoms with Crippen molar-refractivity contribution in [3.63, 3.8) is 0 Å². The molecule has 1 aromatic rings. The van der Waals surface area contributed by atoms with Gasteiger partial charge in [-0.1, -0.05) is 38.1 Å². The van der Waals surface area contributed by atoms with E-state index in [9.17, 15) is 4.79 Å². The van der Waals surface area contributed by atoms with Crippen LogP contribution in [0.4, 0.5) is 0 Å². The van der Waals surface area contributed by atoms with Gasteiger partial charge in [0.2, 0.25) is 5.91 Å². The van der Waals surface area contributed by atoms with E-state index in [1.807, 2.05) is 11.9 Å². The SMILES string of the molecule is CN=C(NCc1cccc(CN2CCCC2=O)c1)NC1CC(C)CC(C)C1. The highest BCUT2D eigenvalue weighted by molar-refractivity contribution is 5.80. The third kappa shape index (κ3) is 5.72. The maximum Gasteiger partial charge on any atom is 0.222 e. The largest absolute Gasteiger partial charge is 0.354 e. The van der Waals surface area contributed by atoms with Crippen molar-refractivity contribution in [2.45, 2.75) is 65.1 Å². The molecule has 1 aliphatic heterocycles. The van der Waals surface area contributed by atoms with Gasteiger partial charge in [-0.3, -0.25) is 9.79 Å². The number of carbonyl (C=O) groups is 1. The number of amides is 1. The number of nitrogens with one attached hydrogen (secondary N) is 2. The lowest BCUT2D eigenvalue weighted by atomic mass is 9.80. The van der Waals surface area contributed by atoms with E-state index in [2.05, 4.69) is 53.7 Å². The van der Waals surface area contributed by atoms with Crippen molar-refractivity contribution in [1.29, 1.82) is 0 Å². The molecule has 0 radical (unpaired) electrons. The van der Waals surface area contributed by atoms with Gasteiger partial charge in [-0.15, -0.1) is 0 Å². The van der Waals surface area contributed by atoms with Crippen LogP contribution in [0.25, 0.3) is 0 Å². The summed E-state index contributed by atoms with van der Waals surface area (Å²) in [6.07, 6.45) is 5.44. The Morgan fingerprint density at radius 2 is 1.93 bits per heavy atom. The van der Waals surface area contributed by atoms with Crippen molar-refractivity contribution in [2.75, 3.05) is 13.6 Å². The zero-order valence-electron chi connectivity index (χ0n) is 17.0. The fraction of sp³-hybridized carbons (Fsp3) is 0.636. The smallest absolute Gasteiger partial charge is 0.222 e. The van der Waals surface area contributed by atoms with Crippen molar-refractivity contribution in [1.82, 2.24) is 15.5 Å². The van der Waals surface area contributed by atoms with Crippen LogP contribution >= 0.6 is 0 Å². The second kappa shape index (κ2) is 9.25. The molecule has 3 rings (SSSR count). The van der Waals surface area contributed by atoms with E-state index >= 15 is 0 Å². The Balaban J connectivity index is 1.52. The van der Waals surface area contributed by atoms with E-state index in [0.717, 1.165) is 43.9 Å². The van der Waals surface area contributed by atoms with Crippen LogP contribution in [0.5, 0.6) is 0 Å². The fourth-order valence-corrected chi connectivity index (χ4v) is 4.57. The van der Waals surface area contributed by atoms with Crippen LogP contribution in [-0.4, -0.2) is 36.4 Å². The van der Waals surface area contributed by atoms with E-state index in [1.165, 1.54) is 30.4 Å². The molecule has 2 atom stereocenters. The van der Waals surface area contributed by atoms with Crippen LogP contribution in [0, 0.1) is 11.8 Å². The zero-order valence-corrected chi connectivity index (χ0v) is 17.0. The van der Waals surface area contributed by atoms with Crippen molar-refractivity contribution < 1.29 is 4.79 Å². The Labute approximate surface area is 163 Å². The van der Waals surface area contributed by atoms with Crippen molar-refractivity contribution in [2.24, 2.45) is 16.8 Å². The van der Waals surface area contributed by atoms with Crippen molar-refractivity contribution in [3.05, 3.63) is 35.4 Å². The molecule has 0 aromatic heterocycles. The highest BCUT2D eigenvalue weighted by Crippen LogP contribution is 2.28. The monoisotopic (exact) mass is 370 g/mol. The molecule has 1 aliphatic carbocycles. The van der Waals surface area contributed by atoms with Crippen LogP contribution in [0.3, 0.4) is 0 Å². The Hall–Kier alpha value is -2.04. The molecule has 0 spiro atoms. The Kier molecular flexibility index (Phi) is 6.75. The van der Waals surface area contributed by atoms with Gasteiger partial charge < -0.3 is 15.5 Å². The number of carbonyl (C=O) groups excluding carboxylic acids is 1. The molecule has 1 aromatic carbocycles. The molecular formula is C22H34N4O. The van der Waals surface area contributed by atoms with Gasteiger partial charge in [0.25, 0.3) is 0 Å². The van der Waals surface area contributed by atoms with E-state index in [4.69, 9.17) is 0 Å². The van der Waals surface area contributed by atoms with E-state index < -0.39 is 0 Å². The molecule has 5 nitrogen and oxygen atoms in total. The number of hydrogen-bond donors (Lipinski definition) is 2. The first-order valence-electron chi connectivity index (χ1n) is 10.4. The number of aliphatic imine (C=N–C) groups is 1. The summed E-state index contributed by atoms with van der Waals surface area (Å²) in [7, 11) is 1.83. The predicted octanol–water partition coefficient (Wildman–Crippen LogP) is 3.30. The van der Waals surface area contributed by atoms with Gasteiger partial charge >= 0.3 is 0 Å². The lowest BCUT2D eigenvalue weighted by molar-refractivity contribution is -0.128. The second-order valence-electron chi connectivity index (χ2n) is 8.42. The van der Waals surface area contributed by atoms with Gasteiger partial charge in [0.1, 0.15) is 0 Å². The minimum absolute atomic E-state index is 0.277. The summed E-state index contributed by atoms with van der Waals surface area (Å²) in [4.78, 5) is 18.2. The maximum atomic E-state index is 11.8. The first kappa shape index (κ1) is 19.7. The van der Waals surface area contributed by atoms with E-state index in [0.29, 0.717) is 12.5 Å². The Bertz CT molecular complexity index is 662. The second-order valence-corrected chi connectivity index (χ2v) is 8.42. The van der Waals surface area contributed by atoms with Gasteiger partial charge in [0.05, 0.1) is 0 Å². The summed E-state index contributed by atoms with van der Waals surface area (Å²) >= 11 is 0. The number of nitrogens with zero attached hydrogens (tertiary/aromatic N) is 2. The Morgan fingerprint density at radius 1 is 1.19 bits per heavy atom. The van der Waals surface area contributed by atoms with E-state index in [1.54, 1.807) is 0 Å². The van der Waals surface area contributed by atoms with Crippen molar-refractivity contribution in [3.8, 4) is 0 Å². The molecule has 27 heavy (non-hydrogen) atoms. The lowest BCUT2D eigenvalue weighted by Gasteiger charge is -2.32. The number of rotatable bonds is 5. The van der Waals surface area contributed by atoms with Gasteiger partial charge in [-0.05, 0) is 48.6 Å². The van der Waals surface area contributed by atoms with Gasteiger partial charge in [-0.2, -0.15) is 0 Å². The number of hydrogen-bond acceptors (Lipinski definition) is 2. The maximum absolute atomic E-state index is 11.8. The topological polar surface area (TPSA) is 56.7 Å². The van der Waals surface area contributed by atoms with Crippen LogP contribution in [0.15, 0.2) is 29.3 Å². The molecule has 148 valence electrons. The molecule has 1 saturated carbocycles. The molecule has 1 amide bonds. The summed E-state index contributed by atoms with van der Waals surface area (Å²) in [6.45, 7) is 7.03. The van der Waals surface area contributed by atoms with Crippen LogP contribution < -0.4 is 10.6 Å². The van der Waals surface area contributed by atoms with Crippen LogP contribution in [-0.2, 0) is 17.9 Å². The molecule has 2 fully saturated rings. The average Bonchev–Trinajstić information content (AvgIpc) is 3.03. The quantitative estimate of drug-likeness (QED) is 0.618. The van der Waals surface area contributed by atoms with Gasteiger partial charge in [0.15, 0.2) is 5.96 Å².